The average Bonchev–Trinajstić information content (AvgIpc) is 2.45. The number of aldehydes is 1. The number of rotatable bonds is 7. The van der Waals surface area contributed by atoms with E-state index in [1.165, 1.54) is 6.92 Å². The third-order valence-electron chi connectivity index (χ3n) is 2.93. The highest BCUT2D eigenvalue weighted by molar-refractivity contribution is 5.99. The summed E-state index contributed by atoms with van der Waals surface area (Å²) < 4.78 is 5.06. The van der Waals surface area contributed by atoms with Gasteiger partial charge >= 0.3 is 0 Å². The van der Waals surface area contributed by atoms with E-state index in [0.717, 1.165) is 5.56 Å². The lowest BCUT2D eigenvalue weighted by molar-refractivity contribution is -0.154. The summed E-state index contributed by atoms with van der Waals surface area (Å²) in [6, 6.07) is 6.88. The van der Waals surface area contributed by atoms with Crippen LogP contribution in [0.2, 0.25) is 0 Å². The maximum absolute atomic E-state index is 12.0. The molecule has 0 saturated carbocycles. The van der Waals surface area contributed by atoms with Crippen LogP contribution < -0.4 is 11.1 Å². The maximum atomic E-state index is 12.0. The molecule has 0 aliphatic rings. The van der Waals surface area contributed by atoms with Gasteiger partial charge in [0, 0.05) is 18.8 Å². The molecule has 0 aromatic heterocycles. The first-order valence-electron chi connectivity index (χ1n) is 6.35. The van der Waals surface area contributed by atoms with Crippen LogP contribution in [-0.2, 0) is 20.9 Å². The lowest BCUT2D eigenvalue weighted by atomic mass is 9.98. The van der Waals surface area contributed by atoms with Crippen LogP contribution in [0.3, 0.4) is 0 Å². The Bertz CT molecular complexity index is 457. The van der Waals surface area contributed by atoms with Gasteiger partial charge in [-0.15, -0.1) is 0 Å². The third-order valence-corrected chi connectivity index (χ3v) is 2.93. The van der Waals surface area contributed by atoms with Gasteiger partial charge in [0.15, 0.2) is 11.9 Å². The molecule has 1 rings (SSSR count). The molecule has 0 saturated heterocycles. The molecule has 6 nitrogen and oxygen atoms in total. The number of ether oxygens (including phenoxy) is 1. The van der Waals surface area contributed by atoms with Gasteiger partial charge in [0.1, 0.15) is 6.10 Å². The molecule has 1 aromatic rings. The Morgan fingerprint density at radius 2 is 2.10 bits per heavy atom. The maximum Gasteiger partial charge on any atom is 0.259 e. The van der Waals surface area contributed by atoms with Gasteiger partial charge in [0.2, 0.25) is 0 Å². The number of hydrogen-bond donors (Lipinski definition) is 3. The minimum atomic E-state index is -1.94. The predicted molar refractivity (Wildman–Crippen MR) is 75.1 cm³/mol. The molecule has 6 heteroatoms. The van der Waals surface area contributed by atoms with Gasteiger partial charge in [-0.1, -0.05) is 12.1 Å². The first-order chi connectivity index (χ1) is 9.45. The lowest BCUT2D eigenvalue weighted by Gasteiger charge is -2.27. The molecule has 0 bridgehead atoms. The topological polar surface area (TPSA) is 102 Å². The van der Waals surface area contributed by atoms with Crippen LogP contribution in [0.4, 0.5) is 5.69 Å². The van der Waals surface area contributed by atoms with Crippen molar-refractivity contribution in [1.82, 2.24) is 0 Å². The van der Waals surface area contributed by atoms with E-state index in [1.807, 2.05) is 0 Å². The Kier molecular flexibility index (Phi) is 5.82. The molecular formula is C14H20N2O4. The van der Waals surface area contributed by atoms with Crippen LogP contribution in [0.1, 0.15) is 19.4 Å². The Labute approximate surface area is 117 Å². The van der Waals surface area contributed by atoms with E-state index >= 15 is 0 Å². The van der Waals surface area contributed by atoms with Crippen molar-refractivity contribution in [3.05, 3.63) is 29.8 Å². The normalized spacial score (nSPS) is 15.2. The number of benzene rings is 1. The van der Waals surface area contributed by atoms with Gasteiger partial charge in [-0.3, -0.25) is 4.79 Å². The second-order valence-corrected chi connectivity index (χ2v) is 4.51. The first-order valence-corrected chi connectivity index (χ1v) is 6.35. The highest BCUT2D eigenvalue weighted by Gasteiger charge is 2.40. The van der Waals surface area contributed by atoms with Crippen LogP contribution in [0.15, 0.2) is 24.3 Å². The summed E-state index contributed by atoms with van der Waals surface area (Å²) >= 11 is 0. The smallest absolute Gasteiger partial charge is 0.259 e. The van der Waals surface area contributed by atoms with Crippen molar-refractivity contribution >= 4 is 17.9 Å². The molecule has 2 atom stereocenters. The molecule has 1 aromatic carbocycles. The zero-order valence-electron chi connectivity index (χ0n) is 11.6. The van der Waals surface area contributed by atoms with Gasteiger partial charge < -0.3 is 25.7 Å². The summed E-state index contributed by atoms with van der Waals surface area (Å²) in [5.74, 6) is -0.705. The van der Waals surface area contributed by atoms with Crippen molar-refractivity contribution in [3.63, 3.8) is 0 Å². The third kappa shape index (κ3) is 3.86. The largest absolute Gasteiger partial charge is 0.377 e. The average molecular weight is 280 g/mol. The molecule has 0 aliphatic heterocycles. The number of anilines is 1. The van der Waals surface area contributed by atoms with Crippen molar-refractivity contribution in [2.24, 2.45) is 5.73 Å². The Balaban J connectivity index is 2.79. The monoisotopic (exact) mass is 280 g/mol. The number of aliphatic hydroxyl groups is 1. The SMILES string of the molecule is CCO[C@@H](C=O)C(C)(O)C(=O)Nc1ccc(CN)cc1. The fraction of sp³-hybridized carbons (Fsp3) is 0.429. The summed E-state index contributed by atoms with van der Waals surface area (Å²) in [5.41, 5.74) is 4.97. The molecular weight excluding hydrogens is 260 g/mol. The molecule has 1 amide bonds. The van der Waals surface area contributed by atoms with Crippen molar-refractivity contribution in [1.29, 1.82) is 0 Å². The number of hydrogen-bond acceptors (Lipinski definition) is 5. The van der Waals surface area contributed by atoms with Gasteiger partial charge in [-0.2, -0.15) is 0 Å². The predicted octanol–water partition coefficient (Wildman–Crippen LogP) is 0.439. The Hall–Kier alpha value is -1.76. The summed E-state index contributed by atoms with van der Waals surface area (Å²) in [6.45, 7) is 3.54. The molecule has 4 N–H and O–H groups in total. The van der Waals surface area contributed by atoms with Crippen molar-refractivity contribution in [3.8, 4) is 0 Å². The van der Waals surface area contributed by atoms with E-state index in [1.54, 1.807) is 31.2 Å². The van der Waals surface area contributed by atoms with Crippen LogP contribution in [0.25, 0.3) is 0 Å². The van der Waals surface area contributed by atoms with Gasteiger partial charge in [0.25, 0.3) is 5.91 Å². The van der Waals surface area contributed by atoms with Crippen molar-refractivity contribution in [2.45, 2.75) is 32.1 Å². The van der Waals surface area contributed by atoms with Crippen molar-refractivity contribution in [2.75, 3.05) is 11.9 Å². The first kappa shape index (κ1) is 16.3. The van der Waals surface area contributed by atoms with Crippen LogP contribution >= 0.6 is 0 Å². The lowest BCUT2D eigenvalue weighted by Crippen LogP contribution is -2.51. The summed E-state index contributed by atoms with van der Waals surface area (Å²) in [5, 5.41) is 12.7. The zero-order chi connectivity index (χ0) is 15.2. The summed E-state index contributed by atoms with van der Waals surface area (Å²) in [4.78, 5) is 22.9. The van der Waals surface area contributed by atoms with Crippen LogP contribution in [0.5, 0.6) is 0 Å². The molecule has 20 heavy (non-hydrogen) atoms. The molecule has 0 aliphatic carbocycles. The summed E-state index contributed by atoms with van der Waals surface area (Å²) in [7, 11) is 0. The molecule has 0 radical (unpaired) electrons. The van der Waals surface area contributed by atoms with E-state index in [2.05, 4.69) is 5.32 Å². The van der Waals surface area contributed by atoms with E-state index in [0.29, 0.717) is 18.5 Å². The molecule has 110 valence electrons. The van der Waals surface area contributed by atoms with E-state index < -0.39 is 17.6 Å². The standard InChI is InChI=1S/C14H20N2O4/c1-3-20-12(9-17)14(2,19)13(18)16-11-6-4-10(8-15)5-7-11/h4-7,9,12,19H,3,8,15H2,1-2H3,(H,16,18)/t12-,14?/m0/s1. The second-order valence-electron chi connectivity index (χ2n) is 4.51. The molecule has 1 unspecified atom stereocenters. The zero-order valence-corrected chi connectivity index (χ0v) is 11.6. The quantitative estimate of drug-likeness (QED) is 0.629. The van der Waals surface area contributed by atoms with E-state index in [4.69, 9.17) is 10.5 Å². The number of carbonyl (C=O) groups excluding carboxylic acids is 2. The highest BCUT2D eigenvalue weighted by atomic mass is 16.5. The molecule has 0 fully saturated rings. The van der Waals surface area contributed by atoms with Gasteiger partial charge in [-0.05, 0) is 31.5 Å². The molecule has 0 heterocycles. The number of carbonyl (C=O) groups is 2. The Morgan fingerprint density at radius 1 is 1.50 bits per heavy atom. The van der Waals surface area contributed by atoms with Gasteiger partial charge in [0.05, 0.1) is 0 Å². The minimum Gasteiger partial charge on any atom is -0.377 e. The van der Waals surface area contributed by atoms with Crippen molar-refractivity contribution < 1.29 is 19.4 Å². The van der Waals surface area contributed by atoms with Crippen LogP contribution in [-0.4, -0.2) is 35.6 Å². The van der Waals surface area contributed by atoms with Crippen LogP contribution in [0, 0.1) is 0 Å². The fourth-order valence-electron chi connectivity index (χ4n) is 1.62. The minimum absolute atomic E-state index is 0.220. The fourth-order valence-corrected chi connectivity index (χ4v) is 1.62. The number of amides is 1. The Morgan fingerprint density at radius 3 is 2.55 bits per heavy atom. The van der Waals surface area contributed by atoms with E-state index in [-0.39, 0.29) is 6.61 Å². The number of nitrogens with two attached hydrogens (primary N) is 1. The number of nitrogens with one attached hydrogen (secondary N) is 1. The van der Waals surface area contributed by atoms with Gasteiger partial charge in [-0.25, -0.2) is 0 Å². The molecule has 0 spiro atoms. The second kappa shape index (κ2) is 7.14. The van der Waals surface area contributed by atoms with E-state index in [9.17, 15) is 14.7 Å². The summed E-state index contributed by atoms with van der Waals surface area (Å²) in [6.07, 6.45) is -0.795. The highest BCUT2D eigenvalue weighted by Crippen LogP contribution is 2.17.